The number of halogens is 3. The highest BCUT2D eigenvalue weighted by Gasteiger charge is 2.02. The number of hydrogen-bond acceptors (Lipinski definition) is 3. The molecule has 1 heterocycles. The first-order chi connectivity index (χ1) is 9.38. The third-order valence-electron chi connectivity index (χ3n) is 2.08. The molecule has 0 aliphatic carbocycles. The summed E-state index contributed by atoms with van der Waals surface area (Å²) >= 11 is 3.18. The lowest BCUT2D eigenvalue weighted by molar-refractivity contribution is 0.204. The Bertz CT molecular complexity index is 556. The summed E-state index contributed by atoms with van der Waals surface area (Å²) in [6, 6.07) is 3.31. The van der Waals surface area contributed by atoms with Gasteiger partial charge in [-0.15, -0.1) is 8.86 Å². The van der Waals surface area contributed by atoms with Gasteiger partial charge in [-0.25, -0.2) is 13.8 Å². The van der Waals surface area contributed by atoms with Gasteiger partial charge >= 0.3 is 0 Å². The molecule has 0 amide bonds. The Kier molecular flexibility index (Phi) is 6.68. The summed E-state index contributed by atoms with van der Waals surface area (Å²) in [5.41, 5.74) is 0.291. The van der Waals surface area contributed by atoms with Crippen molar-refractivity contribution < 1.29 is 13.5 Å². The molecule has 1 rings (SSSR count). The third-order valence-corrected chi connectivity index (χ3v) is 2.84. The van der Waals surface area contributed by atoms with Crippen LogP contribution in [0.2, 0.25) is 0 Å². The number of allylic oxidation sites excluding steroid dienone is 3. The summed E-state index contributed by atoms with van der Waals surface area (Å²) in [5.74, 6) is 0.212. The van der Waals surface area contributed by atoms with Crippen LogP contribution in [0.25, 0.3) is 0 Å². The van der Waals surface area contributed by atoms with Crippen LogP contribution in [-0.4, -0.2) is 22.6 Å². The van der Waals surface area contributed by atoms with Gasteiger partial charge in [-0.3, -0.25) is 5.41 Å². The van der Waals surface area contributed by atoms with Crippen molar-refractivity contribution in [3.05, 3.63) is 46.7 Å². The molecule has 0 spiro atoms. The third kappa shape index (κ3) is 6.17. The Balaban J connectivity index is 2.71. The van der Waals surface area contributed by atoms with Crippen molar-refractivity contribution in [2.75, 3.05) is 0 Å². The van der Waals surface area contributed by atoms with E-state index in [1.54, 1.807) is 19.1 Å². The fourth-order valence-electron chi connectivity index (χ4n) is 1.19. The van der Waals surface area contributed by atoms with Crippen LogP contribution >= 0.6 is 24.8 Å². The Morgan fingerprint density at radius 3 is 2.65 bits per heavy atom. The van der Waals surface area contributed by atoms with Crippen molar-refractivity contribution >= 4 is 36.0 Å². The summed E-state index contributed by atoms with van der Waals surface area (Å²) < 4.78 is 30.5. The van der Waals surface area contributed by atoms with Crippen LogP contribution in [0.4, 0.5) is 8.78 Å². The van der Waals surface area contributed by atoms with Gasteiger partial charge in [0.05, 0.1) is 6.20 Å². The Morgan fingerprint density at radius 1 is 1.45 bits per heavy atom. The normalized spacial score (nSPS) is 11.9. The first-order valence-electron chi connectivity index (χ1n) is 5.50. The van der Waals surface area contributed by atoms with Crippen molar-refractivity contribution in [1.82, 2.24) is 4.98 Å². The average Bonchev–Trinajstić information content (AvgIpc) is 2.36. The molecule has 0 aromatic carbocycles. The van der Waals surface area contributed by atoms with Crippen LogP contribution in [0.5, 0.6) is 5.75 Å². The Morgan fingerprint density at radius 2 is 2.15 bits per heavy atom. The summed E-state index contributed by atoms with van der Waals surface area (Å²) in [5, 5.41) is 8.15. The molecule has 0 aliphatic heterocycles. The fraction of sp³-hybridized carbons (Fsp3) is 0.154. The quantitative estimate of drug-likeness (QED) is 0.280. The monoisotopic (exact) mass is 360 g/mol. The van der Waals surface area contributed by atoms with E-state index in [2.05, 4.69) is 29.8 Å². The molecular formula is C13H12BrF2N2OP. The van der Waals surface area contributed by atoms with Crippen molar-refractivity contribution in [3.63, 3.8) is 0 Å². The minimum absolute atomic E-state index is 0.179. The second kappa shape index (κ2) is 8.02. The summed E-state index contributed by atoms with van der Waals surface area (Å²) in [7, 11) is 3.18. The summed E-state index contributed by atoms with van der Waals surface area (Å²) in [6.07, 6.45) is 2.34. The zero-order valence-electron chi connectivity index (χ0n) is 10.5. The van der Waals surface area contributed by atoms with E-state index in [1.807, 2.05) is 0 Å². The topological polar surface area (TPSA) is 46.0 Å². The predicted molar refractivity (Wildman–Crippen MR) is 82.5 cm³/mol. The van der Waals surface area contributed by atoms with Crippen LogP contribution in [0.1, 0.15) is 6.92 Å². The van der Waals surface area contributed by atoms with Crippen LogP contribution in [-0.2, 0) is 0 Å². The molecule has 7 heteroatoms. The fourth-order valence-corrected chi connectivity index (χ4v) is 1.59. The smallest absolute Gasteiger partial charge is 0.257 e. The van der Waals surface area contributed by atoms with Gasteiger partial charge in [0.15, 0.2) is 0 Å². The lowest BCUT2D eigenvalue weighted by atomic mass is 10.2. The van der Waals surface area contributed by atoms with Crippen LogP contribution in [0, 0.1) is 5.41 Å². The van der Waals surface area contributed by atoms with E-state index in [0.717, 1.165) is 6.08 Å². The molecule has 20 heavy (non-hydrogen) atoms. The number of nitrogens with zero attached hydrogens (tertiary/aromatic N) is 1. The van der Waals surface area contributed by atoms with E-state index in [4.69, 9.17) is 10.1 Å². The second-order valence-corrected chi connectivity index (χ2v) is 5.26. The molecule has 0 saturated carbocycles. The molecule has 0 bridgehead atoms. The zero-order valence-corrected chi connectivity index (χ0v) is 13.1. The van der Waals surface area contributed by atoms with Gasteiger partial charge in [-0.2, -0.15) is 0 Å². The number of nitrogens with one attached hydrogen (secondary N) is 1. The maximum Gasteiger partial charge on any atom is 0.257 e. The highest BCUT2D eigenvalue weighted by molar-refractivity contribution is 9.10. The van der Waals surface area contributed by atoms with Crippen LogP contribution < -0.4 is 4.74 Å². The van der Waals surface area contributed by atoms with Gasteiger partial charge in [-0.1, -0.05) is 0 Å². The Labute approximate surface area is 126 Å². The second-order valence-electron chi connectivity index (χ2n) is 3.70. The van der Waals surface area contributed by atoms with E-state index in [1.165, 1.54) is 18.3 Å². The molecule has 0 aliphatic rings. The molecule has 3 nitrogen and oxygen atoms in total. The molecule has 1 aromatic heterocycles. The number of ether oxygens (including phenoxy) is 1. The molecule has 1 N–H and O–H groups in total. The highest BCUT2D eigenvalue weighted by atomic mass is 79.9. The number of hydrogen-bond donors (Lipinski definition) is 1. The first kappa shape index (κ1) is 16.7. The van der Waals surface area contributed by atoms with E-state index >= 15 is 0 Å². The zero-order chi connectivity index (χ0) is 15.1. The molecule has 106 valence electrons. The largest absolute Gasteiger partial charge is 0.438 e. The van der Waals surface area contributed by atoms with Gasteiger partial charge < -0.3 is 4.74 Å². The number of alkyl halides is 2. The van der Waals surface area contributed by atoms with E-state index in [-0.39, 0.29) is 5.90 Å². The maximum absolute atomic E-state index is 12.3. The van der Waals surface area contributed by atoms with Crippen molar-refractivity contribution in [2.45, 2.75) is 13.3 Å². The minimum Gasteiger partial charge on any atom is -0.438 e. The van der Waals surface area contributed by atoms with E-state index < -0.39 is 6.43 Å². The van der Waals surface area contributed by atoms with Crippen LogP contribution in [0.3, 0.4) is 0 Å². The van der Waals surface area contributed by atoms with E-state index in [0.29, 0.717) is 21.2 Å². The molecule has 0 atom stereocenters. The van der Waals surface area contributed by atoms with Crippen molar-refractivity contribution in [1.29, 1.82) is 5.41 Å². The van der Waals surface area contributed by atoms with Gasteiger partial charge in [0, 0.05) is 6.08 Å². The molecular weight excluding hydrogens is 349 g/mol. The summed E-state index contributed by atoms with van der Waals surface area (Å²) in [6.45, 7) is 1.64. The lowest BCUT2D eigenvalue weighted by Gasteiger charge is -2.04. The van der Waals surface area contributed by atoms with Gasteiger partial charge in [0.2, 0.25) is 5.90 Å². The highest BCUT2D eigenvalue weighted by Crippen LogP contribution is 2.13. The Hall–Kier alpha value is -1.39. The molecule has 0 saturated heterocycles. The maximum atomic E-state index is 12.3. The number of pyridine rings is 1. The summed E-state index contributed by atoms with van der Waals surface area (Å²) in [4.78, 5) is 3.94. The van der Waals surface area contributed by atoms with Crippen molar-refractivity contribution in [3.8, 4) is 5.75 Å². The minimum atomic E-state index is -2.56. The van der Waals surface area contributed by atoms with E-state index in [9.17, 15) is 8.78 Å². The first-order valence-corrected chi connectivity index (χ1v) is 6.79. The molecule has 1 aromatic rings. The average molecular weight is 361 g/mol. The van der Waals surface area contributed by atoms with Gasteiger partial charge in [0.1, 0.15) is 10.4 Å². The van der Waals surface area contributed by atoms with Crippen LogP contribution in [0.15, 0.2) is 46.7 Å². The standard InChI is InChI=1S/C13H12BrF2N2OP/c1-8(20)9(6-12(15)16)2-5-13(17)19-10-3-4-11(14)18-7-10/h2-7,12,17,20H,1H3/b5-2-,9-6-,17-13?. The molecule has 0 fully saturated rings. The van der Waals surface area contributed by atoms with Gasteiger partial charge in [-0.05, 0) is 58.0 Å². The number of rotatable bonds is 5. The molecule has 0 radical (unpaired) electrons. The predicted octanol–water partition coefficient (Wildman–Crippen LogP) is 4.28. The SMILES string of the molecule is CC(=P)C(/C=C\C(=N)Oc1ccc(Br)nc1)=C\C(F)F. The van der Waals surface area contributed by atoms with Crippen molar-refractivity contribution in [2.24, 2.45) is 0 Å². The van der Waals surface area contributed by atoms with Gasteiger partial charge in [0.25, 0.3) is 6.43 Å². The molecule has 0 unspecified atom stereocenters. The lowest BCUT2D eigenvalue weighted by Crippen LogP contribution is -2.04. The number of aromatic nitrogens is 1.